The largest absolute Gasteiger partial charge is 0.481 e. The van der Waals surface area contributed by atoms with Gasteiger partial charge in [0.05, 0.1) is 5.41 Å². The molecule has 3 fully saturated rings. The number of amides is 1. The van der Waals surface area contributed by atoms with Gasteiger partial charge in [-0.2, -0.15) is 11.8 Å². The van der Waals surface area contributed by atoms with Crippen LogP contribution in [0.15, 0.2) is 0 Å². The average Bonchev–Trinajstić information content (AvgIpc) is 2.43. The van der Waals surface area contributed by atoms with Crippen molar-refractivity contribution in [3.63, 3.8) is 0 Å². The highest BCUT2D eigenvalue weighted by atomic mass is 32.2. The summed E-state index contributed by atoms with van der Waals surface area (Å²) in [6, 6.07) is 0. The van der Waals surface area contributed by atoms with Crippen LogP contribution in [0.25, 0.3) is 0 Å². The molecule has 0 radical (unpaired) electrons. The molecule has 0 aromatic carbocycles. The molecule has 6 heteroatoms. The van der Waals surface area contributed by atoms with E-state index in [0.717, 1.165) is 51.3 Å². The Labute approximate surface area is 129 Å². The predicted octanol–water partition coefficient (Wildman–Crippen LogP) is 1.76. The predicted molar refractivity (Wildman–Crippen MR) is 80.4 cm³/mol. The maximum absolute atomic E-state index is 12.6. The number of ether oxygens (including phenoxy) is 1. The maximum Gasteiger partial charge on any atom is 0.310 e. The molecule has 1 N–H and O–H groups in total. The third kappa shape index (κ3) is 2.93. The summed E-state index contributed by atoms with van der Waals surface area (Å²) in [5.74, 6) is 0.184. The normalized spacial score (nSPS) is 27.1. The van der Waals surface area contributed by atoms with Crippen molar-refractivity contribution in [3.8, 4) is 0 Å². The highest BCUT2D eigenvalue weighted by molar-refractivity contribution is 8.00. The highest BCUT2D eigenvalue weighted by Crippen LogP contribution is 2.45. The number of carbonyl (C=O) groups excluding carboxylic acids is 1. The number of hydrogen-bond acceptors (Lipinski definition) is 4. The lowest BCUT2D eigenvalue weighted by molar-refractivity contribution is -0.159. The van der Waals surface area contributed by atoms with Gasteiger partial charge in [-0.1, -0.05) is 6.42 Å². The number of carboxylic acids is 1. The first kappa shape index (κ1) is 15.2. The molecular weight excluding hydrogens is 290 g/mol. The molecule has 0 bridgehead atoms. The van der Waals surface area contributed by atoms with E-state index in [-0.39, 0.29) is 17.1 Å². The van der Waals surface area contributed by atoms with Gasteiger partial charge in [-0.3, -0.25) is 9.59 Å². The SMILES string of the molecule is O=C(CC1(C(=O)O)CCC1)N1CCSC2(CCOCC2)C1. The van der Waals surface area contributed by atoms with Crippen molar-refractivity contribution < 1.29 is 19.4 Å². The van der Waals surface area contributed by atoms with Gasteiger partial charge in [-0.15, -0.1) is 0 Å². The van der Waals surface area contributed by atoms with Crippen LogP contribution in [-0.4, -0.2) is 58.7 Å². The van der Waals surface area contributed by atoms with Crippen molar-refractivity contribution >= 4 is 23.6 Å². The van der Waals surface area contributed by atoms with Crippen LogP contribution >= 0.6 is 11.8 Å². The van der Waals surface area contributed by atoms with Crippen LogP contribution in [0.3, 0.4) is 0 Å². The van der Waals surface area contributed by atoms with E-state index in [1.54, 1.807) is 0 Å². The topological polar surface area (TPSA) is 66.8 Å². The fraction of sp³-hybridized carbons (Fsp3) is 0.867. The minimum atomic E-state index is -0.797. The number of rotatable bonds is 3. The van der Waals surface area contributed by atoms with Crippen molar-refractivity contribution in [1.29, 1.82) is 0 Å². The van der Waals surface area contributed by atoms with Crippen molar-refractivity contribution in [1.82, 2.24) is 4.90 Å². The monoisotopic (exact) mass is 313 g/mol. The summed E-state index contributed by atoms with van der Waals surface area (Å²) in [6.45, 7) is 3.06. The van der Waals surface area contributed by atoms with Crippen LogP contribution in [0.5, 0.6) is 0 Å². The van der Waals surface area contributed by atoms with Crippen LogP contribution < -0.4 is 0 Å². The van der Waals surface area contributed by atoms with Gasteiger partial charge in [-0.05, 0) is 25.7 Å². The smallest absolute Gasteiger partial charge is 0.310 e. The summed E-state index contributed by atoms with van der Waals surface area (Å²) in [7, 11) is 0. The molecule has 2 aliphatic heterocycles. The number of hydrogen-bond donors (Lipinski definition) is 1. The van der Waals surface area contributed by atoms with Crippen molar-refractivity contribution in [2.75, 3.05) is 32.1 Å². The zero-order chi connectivity index (χ0) is 14.9. The lowest BCUT2D eigenvalue weighted by atomic mass is 9.66. The molecule has 2 heterocycles. The molecule has 118 valence electrons. The number of nitrogens with zero attached hydrogens (tertiary/aromatic N) is 1. The molecule has 1 saturated carbocycles. The second-order valence-corrected chi connectivity index (χ2v) is 8.14. The first-order chi connectivity index (χ1) is 10.1. The van der Waals surface area contributed by atoms with Gasteiger partial charge >= 0.3 is 5.97 Å². The number of carbonyl (C=O) groups is 2. The van der Waals surface area contributed by atoms with Crippen molar-refractivity contribution in [2.45, 2.75) is 43.3 Å². The molecule has 3 rings (SSSR count). The van der Waals surface area contributed by atoms with Crippen LogP contribution in [0.1, 0.15) is 38.5 Å². The number of aliphatic carboxylic acids is 1. The molecule has 0 atom stereocenters. The van der Waals surface area contributed by atoms with Gasteiger partial charge in [0, 0.05) is 43.2 Å². The average molecular weight is 313 g/mol. The Hall–Kier alpha value is -0.750. The van der Waals surface area contributed by atoms with Gasteiger partial charge in [0.2, 0.25) is 5.91 Å². The van der Waals surface area contributed by atoms with Crippen molar-refractivity contribution in [3.05, 3.63) is 0 Å². The van der Waals surface area contributed by atoms with E-state index in [0.29, 0.717) is 12.8 Å². The molecule has 0 aromatic rings. The Bertz CT molecular complexity index is 424. The van der Waals surface area contributed by atoms with E-state index in [2.05, 4.69) is 0 Å². The Morgan fingerprint density at radius 2 is 1.90 bits per heavy atom. The Balaban J connectivity index is 1.63. The maximum atomic E-state index is 12.6. The Morgan fingerprint density at radius 3 is 2.48 bits per heavy atom. The Kier molecular flexibility index (Phi) is 4.19. The van der Waals surface area contributed by atoms with Gasteiger partial charge in [0.15, 0.2) is 0 Å². The molecule has 1 spiro atoms. The molecule has 1 amide bonds. The second-order valence-electron chi connectivity index (χ2n) is 6.57. The Morgan fingerprint density at radius 1 is 1.19 bits per heavy atom. The lowest BCUT2D eigenvalue weighted by Crippen LogP contribution is -2.53. The molecule has 5 nitrogen and oxygen atoms in total. The first-order valence-corrected chi connectivity index (χ1v) is 8.77. The van der Waals surface area contributed by atoms with Gasteiger partial charge in [0.25, 0.3) is 0 Å². The van der Waals surface area contributed by atoms with E-state index in [9.17, 15) is 14.7 Å². The fourth-order valence-electron chi connectivity index (χ4n) is 3.57. The summed E-state index contributed by atoms with van der Waals surface area (Å²) >= 11 is 1.96. The minimum absolute atomic E-state index is 0.0308. The van der Waals surface area contributed by atoms with Gasteiger partial charge < -0.3 is 14.7 Å². The van der Waals surface area contributed by atoms with E-state index >= 15 is 0 Å². The fourth-order valence-corrected chi connectivity index (χ4v) is 5.02. The standard InChI is InChI=1S/C15H23NO4S/c17-12(10-14(13(18)19)2-1-3-14)16-6-9-21-15(11-16)4-7-20-8-5-15/h1-11H2,(H,18,19). The molecule has 3 aliphatic rings. The quantitative estimate of drug-likeness (QED) is 0.860. The van der Waals surface area contributed by atoms with Crippen LogP contribution in [0.2, 0.25) is 0 Å². The lowest BCUT2D eigenvalue weighted by Gasteiger charge is -2.46. The molecule has 2 saturated heterocycles. The van der Waals surface area contributed by atoms with Crippen LogP contribution in [0, 0.1) is 5.41 Å². The zero-order valence-electron chi connectivity index (χ0n) is 12.3. The minimum Gasteiger partial charge on any atom is -0.481 e. The van der Waals surface area contributed by atoms with Crippen LogP contribution in [-0.2, 0) is 14.3 Å². The first-order valence-electron chi connectivity index (χ1n) is 7.78. The van der Waals surface area contributed by atoms with E-state index < -0.39 is 11.4 Å². The van der Waals surface area contributed by atoms with Crippen molar-refractivity contribution in [2.24, 2.45) is 5.41 Å². The summed E-state index contributed by atoms with van der Waals surface area (Å²) in [5, 5.41) is 9.38. The molecule has 0 unspecified atom stereocenters. The highest BCUT2D eigenvalue weighted by Gasteiger charge is 2.48. The number of carboxylic acid groups (broad SMARTS) is 1. The third-order valence-corrected chi connectivity index (χ3v) is 6.80. The molecule has 0 aromatic heterocycles. The van der Waals surface area contributed by atoms with E-state index in [1.807, 2.05) is 16.7 Å². The van der Waals surface area contributed by atoms with Gasteiger partial charge in [0.1, 0.15) is 0 Å². The third-order valence-electron chi connectivity index (χ3n) is 5.26. The van der Waals surface area contributed by atoms with E-state index in [1.165, 1.54) is 0 Å². The summed E-state index contributed by atoms with van der Waals surface area (Å²) in [5.41, 5.74) is -0.773. The van der Waals surface area contributed by atoms with Gasteiger partial charge in [-0.25, -0.2) is 0 Å². The van der Waals surface area contributed by atoms with E-state index in [4.69, 9.17) is 4.74 Å². The summed E-state index contributed by atoms with van der Waals surface area (Å²) in [4.78, 5) is 25.9. The molecular formula is C15H23NO4S. The number of thioether (sulfide) groups is 1. The van der Waals surface area contributed by atoms with Crippen LogP contribution in [0.4, 0.5) is 0 Å². The molecule has 1 aliphatic carbocycles. The second kappa shape index (κ2) is 5.80. The zero-order valence-corrected chi connectivity index (χ0v) is 13.1. The summed E-state index contributed by atoms with van der Waals surface area (Å²) < 4.78 is 5.58. The molecule has 21 heavy (non-hydrogen) atoms. The summed E-state index contributed by atoms with van der Waals surface area (Å²) in [6.07, 6.45) is 4.39.